The van der Waals surface area contributed by atoms with E-state index in [1.165, 1.54) is 0 Å². The van der Waals surface area contributed by atoms with Crippen LogP contribution in [0.5, 0.6) is 0 Å². The van der Waals surface area contributed by atoms with Crippen LogP contribution in [-0.2, 0) is 14.6 Å². The summed E-state index contributed by atoms with van der Waals surface area (Å²) in [5, 5.41) is 3.00. The molecule has 0 saturated carbocycles. The predicted octanol–water partition coefficient (Wildman–Crippen LogP) is 0.0232. The van der Waals surface area contributed by atoms with Gasteiger partial charge in [0.05, 0.1) is 12.3 Å². The van der Waals surface area contributed by atoms with E-state index >= 15 is 0 Å². The van der Waals surface area contributed by atoms with Crippen LogP contribution < -0.4 is 5.32 Å². The monoisotopic (exact) mass is 262 g/mol. The first kappa shape index (κ1) is 14.4. The Hall–Kier alpha value is -0.620. The standard InChI is InChI=1S/C11H22N2O3S/c1-2-17(15,16)9-5-6-12-10-11(14)13-7-3-4-8-13/h12H,2-10H2,1H3. The second-order valence-electron chi connectivity index (χ2n) is 4.35. The van der Waals surface area contributed by atoms with Crippen molar-refractivity contribution in [3.63, 3.8) is 0 Å². The molecule has 0 spiro atoms. The van der Waals surface area contributed by atoms with Gasteiger partial charge in [0.25, 0.3) is 0 Å². The Kier molecular flexibility index (Phi) is 5.91. The van der Waals surface area contributed by atoms with Gasteiger partial charge in [-0.2, -0.15) is 0 Å². The number of sulfone groups is 1. The molecule has 0 aromatic heterocycles. The average Bonchev–Trinajstić information content (AvgIpc) is 2.82. The molecule has 5 nitrogen and oxygen atoms in total. The van der Waals surface area contributed by atoms with Crippen molar-refractivity contribution >= 4 is 15.7 Å². The third-order valence-corrected chi connectivity index (χ3v) is 4.77. The minimum absolute atomic E-state index is 0.126. The van der Waals surface area contributed by atoms with Gasteiger partial charge in [-0.1, -0.05) is 6.92 Å². The van der Waals surface area contributed by atoms with Gasteiger partial charge in [0, 0.05) is 18.8 Å². The van der Waals surface area contributed by atoms with Crippen LogP contribution in [0.1, 0.15) is 26.2 Å². The van der Waals surface area contributed by atoms with E-state index in [2.05, 4.69) is 5.32 Å². The molecule has 1 fully saturated rings. The molecule has 1 amide bonds. The quantitative estimate of drug-likeness (QED) is 0.657. The Bertz CT molecular complexity index is 335. The second-order valence-corrected chi connectivity index (χ2v) is 6.83. The molecule has 17 heavy (non-hydrogen) atoms. The minimum atomic E-state index is -2.87. The maximum Gasteiger partial charge on any atom is 0.236 e. The lowest BCUT2D eigenvalue weighted by Crippen LogP contribution is -2.36. The zero-order valence-electron chi connectivity index (χ0n) is 10.4. The van der Waals surface area contributed by atoms with Crippen LogP contribution in [0, 0.1) is 0 Å². The molecular formula is C11H22N2O3S. The van der Waals surface area contributed by atoms with E-state index in [-0.39, 0.29) is 17.4 Å². The molecule has 1 aliphatic rings. The molecule has 1 aliphatic heterocycles. The van der Waals surface area contributed by atoms with Gasteiger partial charge < -0.3 is 10.2 Å². The number of amides is 1. The van der Waals surface area contributed by atoms with Crippen molar-refractivity contribution in [2.45, 2.75) is 26.2 Å². The summed E-state index contributed by atoms with van der Waals surface area (Å²) in [6, 6.07) is 0. The van der Waals surface area contributed by atoms with Gasteiger partial charge in [-0.15, -0.1) is 0 Å². The van der Waals surface area contributed by atoms with Crippen LogP contribution in [-0.4, -0.2) is 56.9 Å². The maximum atomic E-state index is 11.6. The number of carbonyl (C=O) groups is 1. The lowest BCUT2D eigenvalue weighted by Gasteiger charge is -2.15. The highest BCUT2D eigenvalue weighted by Gasteiger charge is 2.16. The number of hydrogen-bond acceptors (Lipinski definition) is 4. The molecule has 1 heterocycles. The molecule has 1 N–H and O–H groups in total. The number of rotatable bonds is 7. The number of hydrogen-bond donors (Lipinski definition) is 1. The Morgan fingerprint density at radius 1 is 1.29 bits per heavy atom. The third kappa shape index (κ3) is 5.50. The van der Waals surface area contributed by atoms with Crippen LogP contribution in [0.25, 0.3) is 0 Å². The van der Waals surface area contributed by atoms with Crippen molar-refractivity contribution in [3.8, 4) is 0 Å². The molecule has 0 radical (unpaired) electrons. The number of nitrogens with one attached hydrogen (secondary N) is 1. The van der Waals surface area contributed by atoms with E-state index in [0.29, 0.717) is 19.5 Å². The Balaban J connectivity index is 2.06. The van der Waals surface area contributed by atoms with Crippen molar-refractivity contribution < 1.29 is 13.2 Å². The van der Waals surface area contributed by atoms with Crippen molar-refractivity contribution in [3.05, 3.63) is 0 Å². The smallest absolute Gasteiger partial charge is 0.236 e. The molecule has 100 valence electrons. The highest BCUT2D eigenvalue weighted by Crippen LogP contribution is 2.06. The molecule has 0 aromatic carbocycles. The van der Waals surface area contributed by atoms with Gasteiger partial charge in [-0.3, -0.25) is 4.79 Å². The fourth-order valence-electron chi connectivity index (χ4n) is 1.84. The SMILES string of the molecule is CCS(=O)(=O)CCCNCC(=O)N1CCCC1. The summed E-state index contributed by atoms with van der Waals surface area (Å²) in [6.45, 7) is 4.29. The highest BCUT2D eigenvalue weighted by atomic mass is 32.2. The van der Waals surface area contributed by atoms with E-state index in [9.17, 15) is 13.2 Å². The lowest BCUT2D eigenvalue weighted by atomic mass is 10.4. The van der Waals surface area contributed by atoms with Crippen LogP contribution >= 0.6 is 0 Å². The molecular weight excluding hydrogens is 240 g/mol. The first-order chi connectivity index (χ1) is 8.05. The molecule has 0 aliphatic carbocycles. The van der Waals surface area contributed by atoms with Crippen LogP contribution in [0.15, 0.2) is 0 Å². The van der Waals surface area contributed by atoms with Gasteiger partial charge >= 0.3 is 0 Å². The predicted molar refractivity (Wildman–Crippen MR) is 67.6 cm³/mol. The van der Waals surface area contributed by atoms with Crippen molar-refractivity contribution in [1.29, 1.82) is 0 Å². The second kappa shape index (κ2) is 6.96. The van der Waals surface area contributed by atoms with Gasteiger partial charge in [-0.05, 0) is 25.8 Å². The molecule has 1 rings (SSSR count). The minimum Gasteiger partial charge on any atom is -0.342 e. The van der Waals surface area contributed by atoms with Crippen LogP contribution in [0.2, 0.25) is 0 Å². The zero-order chi connectivity index (χ0) is 12.7. The Morgan fingerprint density at radius 2 is 1.94 bits per heavy atom. The third-order valence-electron chi connectivity index (χ3n) is 2.98. The molecule has 0 unspecified atom stereocenters. The lowest BCUT2D eigenvalue weighted by molar-refractivity contribution is -0.129. The first-order valence-corrected chi connectivity index (χ1v) is 8.06. The summed E-state index contributed by atoms with van der Waals surface area (Å²) in [6.07, 6.45) is 2.77. The first-order valence-electron chi connectivity index (χ1n) is 6.24. The van der Waals surface area contributed by atoms with E-state index < -0.39 is 9.84 Å². The van der Waals surface area contributed by atoms with Gasteiger partial charge in [0.1, 0.15) is 9.84 Å². The van der Waals surface area contributed by atoms with Crippen molar-refractivity contribution in [2.24, 2.45) is 0 Å². The summed E-state index contributed by atoms with van der Waals surface area (Å²) >= 11 is 0. The summed E-state index contributed by atoms with van der Waals surface area (Å²) in [4.78, 5) is 13.5. The van der Waals surface area contributed by atoms with Gasteiger partial charge in [0.15, 0.2) is 0 Å². The van der Waals surface area contributed by atoms with Crippen LogP contribution in [0.4, 0.5) is 0 Å². The van der Waals surface area contributed by atoms with E-state index in [1.54, 1.807) is 6.92 Å². The molecule has 6 heteroatoms. The summed E-state index contributed by atoms with van der Waals surface area (Å²) in [5.41, 5.74) is 0. The molecule has 1 saturated heterocycles. The van der Waals surface area contributed by atoms with Gasteiger partial charge in [0.2, 0.25) is 5.91 Å². The number of carbonyl (C=O) groups excluding carboxylic acids is 1. The number of likely N-dealkylation sites (tertiary alicyclic amines) is 1. The summed E-state index contributed by atoms with van der Waals surface area (Å²) < 4.78 is 22.4. The topological polar surface area (TPSA) is 66.5 Å². The van der Waals surface area contributed by atoms with Crippen LogP contribution in [0.3, 0.4) is 0 Å². The summed E-state index contributed by atoms with van der Waals surface area (Å²) in [5.74, 6) is 0.523. The zero-order valence-corrected chi connectivity index (χ0v) is 11.3. The highest BCUT2D eigenvalue weighted by molar-refractivity contribution is 7.91. The molecule has 0 bridgehead atoms. The fraction of sp³-hybridized carbons (Fsp3) is 0.909. The van der Waals surface area contributed by atoms with Gasteiger partial charge in [-0.25, -0.2) is 8.42 Å². The Morgan fingerprint density at radius 3 is 2.53 bits per heavy atom. The summed E-state index contributed by atoms with van der Waals surface area (Å²) in [7, 11) is -2.87. The van der Waals surface area contributed by atoms with Crippen molar-refractivity contribution in [1.82, 2.24) is 10.2 Å². The fourth-order valence-corrected chi connectivity index (χ4v) is 2.71. The Labute approximate surface area is 103 Å². The van der Waals surface area contributed by atoms with E-state index in [0.717, 1.165) is 25.9 Å². The van der Waals surface area contributed by atoms with E-state index in [4.69, 9.17) is 0 Å². The van der Waals surface area contributed by atoms with E-state index in [1.807, 2.05) is 4.90 Å². The number of nitrogens with zero attached hydrogens (tertiary/aromatic N) is 1. The average molecular weight is 262 g/mol. The largest absolute Gasteiger partial charge is 0.342 e. The molecule has 0 atom stereocenters. The maximum absolute atomic E-state index is 11.6. The van der Waals surface area contributed by atoms with Crippen molar-refractivity contribution in [2.75, 3.05) is 37.7 Å². The normalized spacial score (nSPS) is 16.4. The molecule has 0 aromatic rings.